The van der Waals surface area contributed by atoms with Crippen LogP contribution in [0.25, 0.3) is 0 Å². The van der Waals surface area contributed by atoms with E-state index in [1.807, 2.05) is 6.26 Å². The fraction of sp³-hybridized carbons (Fsp3) is 0.300. The van der Waals surface area contributed by atoms with Gasteiger partial charge < -0.3 is 0 Å². The highest BCUT2D eigenvalue weighted by Crippen LogP contribution is 2.25. The Morgan fingerprint density at radius 1 is 1.53 bits per heavy atom. The quantitative estimate of drug-likeness (QED) is 0.342. The normalized spacial score (nSPS) is 10.0. The van der Waals surface area contributed by atoms with E-state index >= 15 is 0 Å². The molecule has 0 N–H and O–H groups in total. The van der Waals surface area contributed by atoms with E-state index < -0.39 is 4.92 Å². The second kappa shape index (κ2) is 4.93. The second-order valence-corrected chi connectivity index (χ2v) is 3.80. The first-order chi connectivity index (χ1) is 7.10. The van der Waals surface area contributed by atoms with Crippen molar-refractivity contribution >= 4 is 23.2 Å². The number of hydrogen-bond acceptors (Lipinski definition) is 4. The van der Waals surface area contributed by atoms with E-state index in [4.69, 9.17) is 0 Å². The number of rotatable bonds is 4. The maximum atomic E-state index is 11.5. The van der Waals surface area contributed by atoms with Crippen LogP contribution >= 0.6 is 11.8 Å². The van der Waals surface area contributed by atoms with Gasteiger partial charge in [-0.2, -0.15) is 0 Å². The molecule has 5 heteroatoms. The average Bonchev–Trinajstić information content (AvgIpc) is 2.26. The second-order valence-electron chi connectivity index (χ2n) is 2.92. The number of nitro groups is 1. The maximum Gasteiger partial charge on any atom is 0.280 e. The van der Waals surface area contributed by atoms with Crippen LogP contribution < -0.4 is 0 Å². The summed E-state index contributed by atoms with van der Waals surface area (Å²) in [5, 5.41) is 10.7. The summed E-state index contributed by atoms with van der Waals surface area (Å²) in [5.41, 5.74) is 0.0917. The Morgan fingerprint density at radius 2 is 2.20 bits per heavy atom. The van der Waals surface area contributed by atoms with Gasteiger partial charge in [0.2, 0.25) is 0 Å². The molecule has 0 saturated heterocycles. The zero-order chi connectivity index (χ0) is 11.4. The van der Waals surface area contributed by atoms with Crippen LogP contribution in [0.1, 0.15) is 23.7 Å². The van der Waals surface area contributed by atoms with Gasteiger partial charge in [-0.15, -0.1) is 11.8 Å². The molecular weight excluding hydrogens is 214 g/mol. The van der Waals surface area contributed by atoms with Gasteiger partial charge in [-0.25, -0.2) is 0 Å². The molecule has 0 aromatic heterocycles. The van der Waals surface area contributed by atoms with Crippen LogP contribution in [0, 0.1) is 10.1 Å². The number of thioether (sulfide) groups is 1. The van der Waals surface area contributed by atoms with Gasteiger partial charge in [0.1, 0.15) is 0 Å². The number of hydrogen-bond donors (Lipinski definition) is 0. The Balaban J connectivity index is 3.28. The van der Waals surface area contributed by atoms with Crippen molar-refractivity contribution in [1.29, 1.82) is 0 Å². The van der Waals surface area contributed by atoms with E-state index in [-0.39, 0.29) is 23.5 Å². The molecule has 0 bridgehead atoms. The van der Waals surface area contributed by atoms with Crippen molar-refractivity contribution in [3.63, 3.8) is 0 Å². The summed E-state index contributed by atoms with van der Waals surface area (Å²) in [6, 6.07) is 4.61. The van der Waals surface area contributed by atoms with Crippen molar-refractivity contribution in [1.82, 2.24) is 0 Å². The van der Waals surface area contributed by atoms with Gasteiger partial charge >= 0.3 is 0 Å². The lowest BCUT2D eigenvalue weighted by Crippen LogP contribution is -2.02. The Morgan fingerprint density at radius 3 is 2.67 bits per heavy atom. The molecule has 1 rings (SSSR count). The van der Waals surface area contributed by atoms with E-state index in [2.05, 4.69) is 0 Å². The molecule has 0 fully saturated rings. The summed E-state index contributed by atoms with van der Waals surface area (Å²) in [4.78, 5) is 22.5. The molecule has 0 radical (unpaired) electrons. The van der Waals surface area contributed by atoms with Crippen LogP contribution in [0.3, 0.4) is 0 Å². The van der Waals surface area contributed by atoms with Crippen molar-refractivity contribution in [3.05, 3.63) is 33.9 Å². The van der Waals surface area contributed by atoms with E-state index in [0.29, 0.717) is 0 Å². The maximum absolute atomic E-state index is 11.5. The fourth-order valence-electron chi connectivity index (χ4n) is 1.22. The summed E-state index contributed by atoms with van der Waals surface area (Å²) in [6.45, 7) is 1.69. The minimum absolute atomic E-state index is 0.111. The summed E-state index contributed by atoms with van der Waals surface area (Å²) >= 11 is 1.46. The molecule has 15 heavy (non-hydrogen) atoms. The Labute approximate surface area is 91.8 Å². The number of carbonyl (C=O) groups is 1. The minimum Gasteiger partial charge on any atom is -0.294 e. The lowest BCUT2D eigenvalue weighted by molar-refractivity contribution is -0.385. The lowest BCUT2D eigenvalue weighted by Gasteiger charge is -2.02. The molecule has 0 spiro atoms. The molecule has 0 aliphatic heterocycles. The first kappa shape index (κ1) is 11.7. The molecule has 0 aliphatic rings. The van der Waals surface area contributed by atoms with Crippen LogP contribution in [0.15, 0.2) is 23.1 Å². The highest BCUT2D eigenvalue weighted by atomic mass is 32.2. The Bertz CT molecular complexity index is 404. The Hall–Kier alpha value is -1.36. The van der Waals surface area contributed by atoms with Gasteiger partial charge in [0.05, 0.1) is 10.5 Å². The molecular formula is C10H11NO3S. The van der Waals surface area contributed by atoms with Crippen molar-refractivity contribution in [3.8, 4) is 0 Å². The van der Waals surface area contributed by atoms with Crippen molar-refractivity contribution in [2.75, 3.05) is 6.26 Å². The van der Waals surface area contributed by atoms with Gasteiger partial charge in [-0.05, 0) is 18.4 Å². The van der Waals surface area contributed by atoms with Crippen LogP contribution in [0.4, 0.5) is 5.69 Å². The number of nitro benzene ring substituents is 1. The third-order valence-electron chi connectivity index (χ3n) is 2.02. The molecule has 1 aromatic rings. The molecule has 0 unspecified atom stereocenters. The summed E-state index contributed by atoms with van der Waals surface area (Å²) in [6.07, 6.45) is 2.14. The van der Waals surface area contributed by atoms with Crippen molar-refractivity contribution in [2.45, 2.75) is 18.2 Å². The third-order valence-corrected chi connectivity index (χ3v) is 2.75. The van der Waals surface area contributed by atoms with Crippen LogP contribution in [-0.4, -0.2) is 17.0 Å². The number of ketones is 1. The van der Waals surface area contributed by atoms with Crippen LogP contribution in [-0.2, 0) is 0 Å². The monoisotopic (exact) mass is 225 g/mol. The molecule has 4 nitrogen and oxygen atoms in total. The first-order valence-corrected chi connectivity index (χ1v) is 5.68. The van der Waals surface area contributed by atoms with Gasteiger partial charge in [0.25, 0.3) is 5.69 Å². The number of nitrogens with zero attached hydrogens (tertiary/aromatic N) is 1. The SMILES string of the molecule is CCC(=O)c1cc(SC)ccc1[N+](=O)[O-]. The first-order valence-electron chi connectivity index (χ1n) is 4.45. The van der Waals surface area contributed by atoms with Crippen LogP contribution in [0.2, 0.25) is 0 Å². The van der Waals surface area contributed by atoms with Crippen LogP contribution in [0.5, 0.6) is 0 Å². The number of benzene rings is 1. The average molecular weight is 225 g/mol. The standard InChI is InChI=1S/C10H11NO3S/c1-3-10(12)8-6-7(15-2)4-5-9(8)11(13)14/h4-6H,3H2,1-2H3. The van der Waals surface area contributed by atoms with Gasteiger partial charge in [-0.3, -0.25) is 14.9 Å². The lowest BCUT2D eigenvalue weighted by atomic mass is 10.1. The highest BCUT2D eigenvalue weighted by molar-refractivity contribution is 7.98. The predicted molar refractivity (Wildman–Crippen MR) is 59.5 cm³/mol. The highest BCUT2D eigenvalue weighted by Gasteiger charge is 2.18. The summed E-state index contributed by atoms with van der Waals surface area (Å²) in [5.74, 6) is -0.197. The molecule has 0 saturated carbocycles. The topological polar surface area (TPSA) is 60.2 Å². The summed E-state index contributed by atoms with van der Waals surface area (Å²) in [7, 11) is 0. The molecule has 80 valence electrons. The van der Waals surface area contributed by atoms with E-state index in [1.54, 1.807) is 19.1 Å². The van der Waals surface area contributed by atoms with Crippen molar-refractivity contribution < 1.29 is 9.72 Å². The molecule has 0 aliphatic carbocycles. The molecule has 0 amide bonds. The van der Waals surface area contributed by atoms with Gasteiger partial charge in [0, 0.05) is 17.4 Å². The van der Waals surface area contributed by atoms with E-state index in [0.717, 1.165) is 4.90 Å². The zero-order valence-corrected chi connectivity index (χ0v) is 9.34. The molecule has 0 heterocycles. The Kier molecular flexibility index (Phi) is 3.85. The molecule has 1 aromatic carbocycles. The number of carbonyl (C=O) groups excluding carboxylic acids is 1. The molecule has 0 atom stereocenters. The largest absolute Gasteiger partial charge is 0.294 e. The minimum atomic E-state index is -0.521. The van der Waals surface area contributed by atoms with Gasteiger partial charge in [0.15, 0.2) is 5.78 Å². The fourth-order valence-corrected chi connectivity index (χ4v) is 1.65. The summed E-state index contributed by atoms with van der Waals surface area (Å²) < 4.78 is 0. The third kappa shape index (κ3) is 2.56. The zero-order valence-electron chi connectivity index (χ0n) is 8.52. The van der Waals surface area contributed by atoms with E-state index in [9.17, 15) is 14.9 Å². The smallest absolute Gasteiger partial charge is 0.280 e. The predicted octanol–water partition coefficient (Wildman–Crippen LogP) is 2.91. The van der Waals surface area contributed by atoms with E-state index in [1.165, 1.54) is 17.8 Å². The van der Waals surface area contributed by atoms with Crippen molar-refractivity contribution in [2.24, 2.45) is 0 Å². The number of Topliss-reactive ketones (excluding diaryl/α,β-unsaturated/α-hetero) is 1. The van der Waals surface area contributed by atoms with Gasteiger partial charge in [-0.1, -0.05) is 6.92 Å².